The molecule has 76 valence electrons. The zero-order chi connectivity index (χ0) is 10.4. The lowest BCUT2D eigenvalue weighted by Crippen LogP contribution is -2.22. The van der Waals surface area contributed by atoms with E-state index in [1.807, 2.05) is 24.3 Å². The Labute approximate surface area is 90.3 Å². The highest BCUT2D eigenvalue weighted by Gasteiger charge is 1.99. The topological polar surface area (TPSA) is 21.3 Å². The Hall–Kier alpha value is -1.09. The van der Waals surface area contributed by atoms with Gasteiger partial charge in [0.25, 0.3) is 0 Å². The summed E-state index contributed by atoms with van der Waals surface area (Å²) in [6.07, 6.45) is 1.08. The Morgan fingerprint density at radius 3 is 2.50 bits per heavy atom. The number of ether oxygens (including phenoxy) is 1. The van der Waals surface area contributed by atoms with E-state index >= 15 is 0 Å². The summed E-state index contributed by atoms with van der Waals surface area (Å²) in [5.41, 5.74) is 1.04. The highest BCUT2D eigenvalue weighted by atomic mass is 32.1. The van der Waals surface area contributed by atoms with Crippen LogP contribution in [0, 0.1) is 0 Å². The zero-order valence-corrected chi connectivity index (χ0v) is 9.36. The van der Waals surface area contributed by atoms with Gasteiger partial charge in [0.15, 0.2) is 0 Å². The molecule has 0 bridgehead atoms. The second-order valence-electron chi connectivity index (χ2n) is 2.98. The van der Waals surface area contributed by atoms with Gasteiger partial charge in [-0.2, -0.15) is 0 Å². The second-order valence-corrected chi connectivity index (χ2v) is 3.39. The maximum absolute atomic E-state index is 5.21. The van der Waals surface area contributed by atoms with E-state index in [1.54, 1.807) is 7.11 Å². The molecule has 0 spiro atoms. The van der Waals surface area contributed by atoms with Gasteiger partial charge in [0.2, 0.25) is 0 Å². The standard InChI is InChI=1S/C11H15NOS/c1-3-8-12-11(14)9-4-6-10(13-2)7-5-9/h4-7H,3,8H2,1-2H3,(H,12,14). The fourth-order valence-electron chi connectivity index (χ4n) is 1.08. The quantitative estimate of drug-likeness (QED) is 0.769. The van der Waals surface area contributed by atoms with Crippen molar-refractivity contribution in [3.8, 4) is 5.75 Å². The van der Waals surface area contributed by atoms with Crippen LogP contribution >= 0.6 is 12.2 Å². The van der Waals surface area contributed by atoms with Gasteiger partial charge in [-0.25, -0.2) is 0 Å². The summed E-state index contributed by atoms with van der Waals surface area (Å²) >= 11 is 5.21. The van der Waals surface area contributed by atoms with Gasteiger partial charge in [-0.05, 0) is 30.7 Å². The number of rotatable bonds is 4. The molecule has 0 saturated heterocycles. The molecule has 3 heteroatoms. The fourth-order valence-corrected chi connectivity index (χ4v) is 1.32. The molecule has 0 atom stereocenters. The monoisotopic (exact) mass is 209 g/mol. The van der Waals surface area contributed by atoms with Crippen molar-refractivity contribution in [2.45, 2.75) is 13.3 Å². The Morgan fingerprint density at radius 1 is 1.36 bits per heavy atom. The molecule has 1 aromatic rings. The Morgan fingerprint density at radius 2 is 2.00 bits per heavy atom. The van der Waals surface area contributed by atoms with Crippen molar-refractivity contribution in [3.63, 3.8) is 0 Å². The first-order valence-corrected chi connectivity index (χ1v) is 5.11. The summed E-state index contributed by atoms with van der Waals surface area (Å²) in [6.45, 7) is 3.04. The average Bonchev–Trinajstić information content (AvgIpc) is 2.26. The lowest BCUT2D eigenvalue weighted by Gasteiger charge is -2.07. The molecule has 0 aliphatic heterocycles. The Balaban J connectivity index is 2.62. The number of hydrogen-bond donors (Lipinski definition) is 1. The van der Waals surface area contributed by atoms with Gasteiger partial charge in [0.05, 0.1) is 7.11 Å². The van der Waals surface area contributed by atoms with Crippen LogP contribution in [0.15, 0.2) is 24.3 Å². The number of benzene rings is 1. The van der Waals surface area contributed by atoms with Crippen LogP contribution < -0.4 is 10.1 Å². The van der Waals surface area contributed by atoms with Crippen molar-refractivity contribution in [2.24, 2.45) is 0 Å². The molecule has 1 rings (SSSR count). The first-order chi connectivity index (χ1) is 6.77. The van der Waals surface area contributed by atoms with E-state index in [9.17, 15) is 0 Å². The van der Waals surface area contributed by atoms with Crippen LogP contribution in [0.4, 0.5) is 0 Å². The van der Waals surface area contributed by atoms with Crippen LogP contribution in [0.3, 0.4) is 0 Å². The minimum atomic E-state index is 0.800. The van der Waals surface area contributed by atoms with Crippen molar-refractivity contribution >= 4 is 17.2 Å². The van der Waals surface area contributed by atoms with Crippen molar-refractivity contribution in [1.82, 2.24) is 5.32 Å². The number of methoxy groups -OCH3 is 1. The van der Waals surface area contributed by atoms with Crippen molar-refractivity contribution in [1.29, 1.82) is 0 Å². The third-order valence-corrected chi connectivity index (χ3v) is 2.27. The van der Waals surface area contributed by atoms with Crippen molar-refractivity contribution in [3.05, 3.63) is 29.8 Å². The van der Waals surface area contributed by atoms with Crippen molar-refractivity contribution < 1.29 is 4.74 Å². The zero-order valence-electron chi connectivity index (χ0n) is 8.54. The van der Waals surface area contributed by atoms with Crippen molar-refractivity contribution in [2.75, 3.05) is 13.7 Å². The van der Waals surface area contributed by atoms with Crippen LogP contribution in [0.1, 0.15) is 18.9 Å². The summed E-state index contributed by atoms with van der Waals surface area (Å²) in [5.74, 6) is 0.854. The molecule has 2 nitrogen and oxygen atoms in total. The first-order valence-electron chi connectivity index (χ1n) is 4.70. The van der Waals surface area contributed by atoms with Crippen LogP contribution in [0.2, 0.25) is 0 Å². The van der Waals surface area contributed by atoms with Crippen LogP contribution in [-0.2, 0) is 0 Å². The minimum absolute atomic E-state index is 0.800. The highest BCUT2D eigenvalue weighted by Crippen LogP contribution is 2.11. The van der Waals surface area contributed by atoms with Gasteiger partial charge < -0.3 is 10.1 Å². The molecule has 0 fully saturated rings. The van der Waals surface area contributed by atoms with E-state index in [0.29, 0.717) is 0 Å². The van der Waals surface area contributed by atoms with E-state index in [2.05, 4.69) is 12.2 Å². The molecule has 0 aliphatic carbocycles. The number of nitrogens with one attached hydrogen (secondary N) is 1. The van der Waals surface area contributed by atoms with E-state index in [4.69, 9.17) is 17.0 Å². The maximum Gasteiger partial charge on any atom is 0.118 e. The van der Waals surface area contributed by atoms with Gasteiger partial charge in [0.1, 0.15) is 10.7 Å². The van der Waals surface area contributed by atoms with Gasteiger partial charge in [0, 0.05) is 12.1 Å². The SMILES string of the molecule is CCCNC(=S)c1ccc(OC)cc1. The molecule has 0 radical (unpaired) electrons. The Bertz CT molecular complexity index is 295. The summed E-state index contributed by atoms with van der Waals surface area (Å²) in [5, 5.41) is 3.18. The molecule has 1 aromatic carbocycles. The lowest BCUT2D eigenvalue weighted by atomic mass is 10.2. The molecule has 14 heavy (non-hydrogen) atoms. The van der Waals surface area contributed by atoms with Crippen LogP contribution in [0.5, 0.6) is 5.75 Å². The first kappa shape index (κ1) is 11.0. The summed E-state index contributed by atoms with van der Waals surface area (Å²) in [6, 6.07) is 7.75. The predicted molar refractivity (Wildman–Crippen MR) is 63.0 cm³/mol. The maximum atomic E-state index is 5.21. The van der Waals surface area contributed by atoms with Gasteiger partial charge in [-0.1, -0.05) is 19.1 Å². The van der Waals surface area contributed by atoms with E-state index < -0.39 is 0 Å². The smallest absolute Gasteiger partial charge is 0.118 e. The fraction of sp³-hybridized carbons (Fsp3) is 0.364. The second kappa shape index (κ2) is 5.60. The molecule has 0 amide bonds. The van der Waals surface area contributed by atoms with E-state index in [-0.39, 0.29) is 0 Å². The summed E-state index contributed by atoms with van der Waals surface area (Å²) in [7, 11) is 1.66. The molecular weight excluding hydrogens is 194 g/mol. The van der Waals surface area contributed by atoms with E-state index in [0.717, 1.165) is 29.3 Å². The molecule has 0 unspecified atom stereocenters. The van der Waals surface area contributed by atoms with E-state index in [1.165, 1.54) is 0 Å². The molecular formula is C11H15NOS. The number of thiocarbonyl (C=S) groups is 1. The van der Waals surface area contributed by atoms with Gasteiger partial charge >= 0.3 is 0 Å². The molecule has 0 aliphatic rings. The molecule has 1 N–H and O–H groups in total. The Kier molecular flexibility index (Phi) is 4.40. The van der Waals surface area contributed by atoms with Crippen LogP contribution in [0.25, 0.3) is 0 Å². The normalized spacial score (nSPS) is 9.57. The molecule has 0 aromatic heterocycles. The predicted octanol–water partition coefficient (Wildman–Crippen LogP) is 2.37. The average molecular weight is 209 g/mol. The summed E-state index contributed by atoms with van der Waals surface area (Å²) < 4.78 is 5.07. The highest BCUT2D eigenvalue weighted by molar-refractivity contribution is 7.80. The third-order valence-electron chi connectivity index (χ3n) is 1.89. The number of hydrogen-bond acceptors (Lipinski definition) is 2. The van der Waals surface area contributed by atoms with Gasteiger partial charge in [-0.15, -0.1) is 0 Å². The largest absolute Gasteiger partial charge is 0.497 e. The molecule has 0 saturated carbocycles. The van der Waals surface area contributed by atoms with Gasteiger partial charge in [-0.3, -0.25) is 0 Å². The summed E-state index contributed by atoms with van der Waals surface area (Å²) in [4.78, 5) is 0.800. The lowest BCUT2D eigenvalue weighted by molar-refractivity contribution is 0.415. The minimum Gasteiger partial charge on any atom is -0.497 e. The molecule has 0 heterocycles. The van der Waals surface area contributed by atoms with Crippen LogP contribution in [-0.4, -0.2) is 18.6 Å². The third kappa shape index (κ3) is 3.00.